The monoisotopic (exact) mass is 190 g/mol. The van der Waals surface area contributed by atoms with Crippen LogP contribution in [0.15, 0.2) is 0 Å². The predicted octanol–water partition coefficient (Wildman–Crippen LogP) is 0.814. The highest BCUT2D eigenvalue weighted by Gasteiger charge is 2.09. The highest BCUT2D eigenvalue weighted by molar-refractivity contribution is 5.72. The van der Waals surface area contributed by atoms with Crippen LogP contribution in [0.4, 0.5) is 0 Å². The van der Waals surface area contributed by atoms with E-state index in [4.69, 9.17) is 10.8 Å². The number of unbranched alkanes of at least 4 members (excludes halogenated alkanes) is 1. The van der Waals surface area contributed by atoms with E-state index in [2.05, 4.69) is 5.32 Å². The van der Waals surface area contributed by atoms with Crippen LogP contribution in [0.25, 0.3) is 0 Å². The van der Waals surface area contributed by atoms with Crippen LogP contribution in [-0.4, -0.2) is 30.2 Å². The molecule has 13 heavy (non-hydrogen) atoms. The van der Waals surface area contributed by atoms with Crippen LogP contribution in [0.1, 0.15) is 33.6 Å². The Bertz CT molecular complexity index is 129. The molecule has 0 aromatic heterocycles. The molecule has 0 radical (unpaired) electrons. The fraction of sp³-hybridized carbons (Fsp3) is 0.889. The van der Waals surface area contributed by atoms with E-state index in [-0.39, 0.29) is 7.43 Å². The zero-order chi connectivity index (χ0) is 9.40. The van der Waals surface area contributed by atoms with Crippen molar-refractivity contribution in [2.24, 2.45) is 5.73 Å². The topological polar surface area (TPSA) is 75.3 Å². The van der Waals surface area contributed by atoms with Crippen LogP contribution in [0, 0.1) is 0 Å². The van der Waals surface area contributed by atoms with Gasteiger partial charge in [0, 0.05) is 0 Å². The first-order valence-electron chi connectivity index (χ1n) is 4.37. The van der Waals surface area contributed by atoms with Gasteiger partial charge in [-0.2, -0.15) is 0 Å². The standard InChI is InChI=1S/C8H18N2O2.CH4/c1-2-10-6-4-3-5-7(9)8(11)12;/h7,10H,2-6,9H2,1H3,(H,11,12);1H4. The molecule has 4 N–H and O–H groups in total. The molecule has 0 rings (SSSR count). The average Bonchev–Trinajstić information content (AvgIpc) is 2.03. The van der Waals surface area contributed by atoms with E-state index < -0.39 is 12.0 Å². The van der Waals surface area contributed by atoms with Crippen molar-refractivity contribution in [2.45, 2.75) is 39.7 Å². The Labute approximate surface area is 80.5 Å². The molecule has 1 atom stereocenters. The van der Waals surface area contributed by atoms with Gasteiger partial charge in [0.25, 0.3) is 0 Å². The molecule has 0 spiro atoms. The summed E-state index contributed by atoms with van der Waals surface area (Å²) in [5, 5.41) is 11.6. The van der Waals surface area contributed by atoms with Gasteiger partial charge in [-0.1, -0.05) is 20.8 Å². The van der Waals surface area contributed by atoms with Gasteiger partial charge in [0.15, 0.2) is 0 Å². The van der Waals surface area contributed by atoms with Crippen LogP contribution >= 0.6 is 0 Å². The maximum atomic E-state index is 10.3. The molecule has 0 heterocycles. The van der Waals surface area contributed by atoms with Gasteiger partial charge in [-0.05, 0) is 25.9 Å². The summed E-state index contributed by atoms with van der Waals surface area (Å²) in [6.07, 6.45) is 2.44. The number of hydrogen-bond donors (Lipinski definition) is 3. The maximum absolute atomic E-state index is 10.3. The molecule has 80 valence electrons. The van der Waals surface area contributed by atoms with Crippen molar-refractivity contribution in [1.82, 2.24) is 5.32 Å². The molecule has 0 aliphatic carbocycles. The molecule has 1 unspecified atom stereocenters. The van der Waals surface area contributed by atoms with E-state index in [1.54, 1.807) is 0 Å². The normalized spacial score (nSPS) is 11.8. The van der Waals surface area contributed by atoms with Crippen molar-refractivity contribution in [3.8, 4) is 0 Å². The van der Waals surface area contributed by atoms with E-state index in [0.717, 1.165) is 25.9 Å². The molecule has 4 nitrogen and oxygen atoms in total. The smallest absolute Gasteiger partial charge is 0.320 e. The third kappa shape index (κ3) is 9.30. The van der Waals surface area contributed by atoms with Crippen LogP contribution in [0.3, 0.4) is 0 Å². The number of carboxylic acid groups (broad SMARTS) is 1. The number of nitrogens with one attached hydrogen (secondary N) is 1. The summed E-state index contributed by atoms with van der Waals surface area (Å²) in [6.45, 7) is 3.96. The Hall–Kier alpha value is -0.610. The maximum Gasteiger partial charge on any atom is 0.320 e. The van der Waals surface area contributed by atoms with Gasteiger partial charge < -0.3 is 16.2 Å². The van der Waals surface area contributed by atoms with Crippen LogP contribution in [0.5, 0.6) is 0 Å². The van der Waals surface area contributed by atoms with Gasteiger partial charge in [0.05, 0.1) is 0 Å². The lowest BCUT2D eigenvalue weighted by Crippen LogP contribution is -2.30. The Morgan fingerprint density at radius 2 is 2.15 bits per heavy atom. The number of carboxylic acids is 1. The highest BCUT2D eigenvalue weighted by atomic mass is 16.4. The zero-order valence-corrected chi connectivity index (χ0v) is 7.55. The van der Waals surface area contributed by atoms with E-state index in [1.165, 1.54) is 0 Å². The Morgan fingerprint density at radius 3 is 2.62 bits per heavy atom. The number of carbonyl (C=O) groups is 1. The lowest BCUT2D eigenvalue weighted by Gasteiger charge is -2.05. The molecule has 0 amide bonds. The molecule has 0 aromatic rings. The van der Waals surface area contributed by atoms with Gasteiger partial charge >= 0.3 is 5.97 Å². The van der Waals surface area contributed by atoms with E-state index in [0.29, 0.717) is 6.42 Å². The van der Waals surface area contributed by atoms with Crippen molar-refractivity contribution in [1.29, 1.82) is 0 Å². The summed E-state index contributed by atoms with van der Waals surface area (Å²) in [7, 11) is 0. The summed E-state index contributed by atoms with van der Waals surface area (Å²) in [5.74, 6) is -0.904. The number of rotatable bonds is 7. The molecule has 0 aliphatic rings. The molecule has 4 heteroatoms. The largest absolute Gasteiger partial charge is 0.480 e. The molecule has 0 saturated carbocycles. The van der Waals surface area contributed by atoms with Crippen molar-refractivity contribution < 1.29 is 9.90 Å². The van der Waals surface area contributed by atoms with Gasteiger partial charge in [-0.15, -0.1) is 0 Å². The van der Waals surface area contributed by atoms with E-state index >= 15 is 0 Å². The van der Waals surface area contributed by atoms with E-state index in [1.807, 2.05) is 6.92 Å². The fourth-order valence-corrected chi connectivity index (χ4v) is 0.915. The highest BCUT2D eigenvalue weighted by Crippen LogP contribution is 1.97. The minimum atomic E-state index is -0.904. The molecule has 0 fully saturated rings. The van der Waals surface area contributed by atoms with Crippen molar-refractivity contribution >= 4 is 5.97 Å². The zero-order valence-electron chi connectivity index (χ0n) is 7.55. The molecule has 0 bridgehead atoms. The fourth-order valence-electron chi connectivity index (χ4n) is 0.915. The Kier molecular flexibility index (Phi) is 10.9. The summed E-state index contributed by atoms with van der Waals surface area (Å²) < 4.78 is 0. The minimum absolute atomic E-state index is 0. The molecule has 0 aliphatic heterocycles. The molecule has 0 aromatic carbocycles. The van der Waals surface area contributed by atoms with Gasteiger partial charge in [0.1, 0.15) is 6.04 Å². The van der Waals surface area contributed by atoms with E-state index in [9.17, 15) is 4.79 Å². The number of nitrogens with two attached hydrogens (primary N) is 1. The number of aliphatic carboxylic acids is 1. The van der Waals surface area contributed by atoms with Gasteiger partial charge in [-0.3, -0.25) is 4.79 Å². The second-order valence-electron chi connectivity index (χ2n) is 2.79. The van der Waals surface area contributed by atoms with Crippen LogP contribution in [-0.2, 0) is 4.79 Å². The predicted molar refractivity (Wildman–Crippen MR) is 54.7 cm³/mol. The number of hydrogen-bond acceptors (Lipinski definition) is 3. The summed E-state index contributed by atoms with van der Waals surface area (Å²) in [6, 6.07) is -0.688. The second kappa shape index (κ2) is 9.48. The average molecular weight is 190 g/mol. The van der Waals surface area contributed by atoms with Gasteiger partial charge in [0.2, 0.25) is 0 Å². The van der Waals surface area contributed by atoms with Crippen LogP contribution in [0.2, 0.25) is 0 Å². The molecule has 0 saturated heterocycles. The first kappa shape index (κ1) is 14.9. The first-order valence-corrected chi connectivity index (χ1v) is 4.37. The third-order valence-corrected chi connectivity index (χ3v) is 1.69. The Morgan fingerprint density at radius 1 is 1.54 bits per heavy atom. The second-order valence-corrected chi connectivity index (χ2v) is 2.79. The first-order chi connectivity index (χ1) is 5.68. The summed E-state index contributed by atoms with van der Waals surface area (Å²) in [5.41, 5.74) is 5.31. The molecular weight excluding hydrogens is 168 g/mol. The lowest BCUT2D eigenvalue weighted by atomic mass is 10.1. The van der Waals surface area contributed by atoms with Crippen molar-refractivity contribution in [3.63, 3.8) is 0 Å². The molecular formula is C9H22N2O2. The Balaban J connectivity index is 0. The van der Waals surface area contributed by atoms with Crippen molar-refractivity contribution in [2.75, 3.05) is 13.1 Å². The van der Waals surface area contributed by atoms with Crippen LogP contribution < -0.4 is 11.1 Å². The lowest BCUT2D eigenvalue weighted by molar-refractivity contribution is -0.138. The van der Waals surface area contributed by atoms with Gasteiger partial charge in [-0.25, -0.2) is 0 Å². The summed E-state index contributed by atoms with van der Waals surface area (Å²) >= 11 is 0. The SMILES string of the molecule is C.CCNCCCCC(N)C(=O)O. The summed E-state index contributed by atoms with van der Waals surface area (Å²) in [4.78, 5) is 10.3. The quantitative estimate of drug-likeness (QED) is 0.519. The third-order valence-electron chi connectivity index (χ3n) is 1.69. The minimum Gasteiger partial charge on any atom is -0.480 e. The van der Waals surface area contributed by atoms with Crippen molar-refractivity contribution in [3.05, 3.63) is 0 Å².